The number of aromatic nitrogens is 2. The van der Waals surface area contributed by atoms with Gasteiger partial charge in [0.2, 0.25) is 0 Å². The molecule has 0 amide bonds. The maximum Gasteiger partial charge on any atom is 0.332 e. The first kappa shape index (κ1) is 12.9. The maximum absolute atomic E-state index is 12.2. The minimum atomic E-state index is -0.368. The molecular weight excluding hydrogens is 244 g/mol. The largest absolute Gasteiger partial charge is 0.373 e. The summed E-state index contributed by atoms with van der Waals surface area (Å²) in [6, 6.07) is 9.33. The van der Waals surface area contributed by atoms with E-state index in [9.17, 15) is 9.59 Å². The molecule has 2 N–H and O–H groups in total. The molecule has 0 aliphatic carbocycles. The summed E-state index contributed by atoms with van der Waals surface area (Å²) in [6.07, 6.45) is 0. The van der Waals surface area contributed by atoms with Gasteiger partial charge in [0.05, 0.1) is 0 Å². The molecule has 0 saturated carbocycles. The summed E-state index contributed by atoms with van der Waals surface area (Å²) < 4.78 is 2.47. The number of nitrogens with one attached hydrogen (secondary N) is 2. The Kier molecular flexibility index (Phi) is 3.41. The van der Waals surface area contributed by atoms with Gasteiger partial charge >= 0.3 is 5.69 Å². The van der Waals surface area contributed by atoms with Gasteiger partial charge in [-0.2, -0.15) is 0 Å². The van der Waals surface area contributed by atoms with Crippen molar-refractivity contribution >= 4 is 17.2 Å². The lowest BCUT2D eigenvalue weighted by Crippen LogP contribution is -2.39. The van der Waals surface area contributed by atoms with Crippen molar-refractivity contribution in [2.24, 2.45) is 14.1 Å². The monoisotopic (exact) mass is 260 g/mol. The van der Waals surface area contributed by atoms with E-state index < -0.39 is 0 Å². The zero-order valence-electron chi connectivity index (χ0n) is 11.1. The third-order valence-corrected chi connectivity index (χ3v) is 2.94. The molecule has 0 aliphatic heterocycles. The van der Waals surface area contributed by atoms with Gasteiger partial charge in [-0.3, -0.25) is 13.9 Å². The summed E-state index contributed by atoms with van der Waals surface area (Å²) in [6.45, 7) is 0. The van der Waals surface area contributed by atoms with E-state index in [2.05, 4.69) is 10.6 Å². The summed E-state index contributed by atoms with van der Waals surface area (Å²) >= 11 is 0. The zero-order valence-corrected chi connectivity index (χ0v) is 11.1. The van der Waals surface area contributed by atoms with Gasteiger partial charge in [-0.15, -0.1) is 0 Å². The molecule has 0 bridgehead atoms. The average molecular weight is 260 g/mol. The van der Waals surface area contributed by atoms with E-state index in [0.717, 1.165) is 10.3 Å². The van der Waals surface area contributed by atoms with Gasteiger partial charge in [-0.05, 0) is 12.1 Å². The summed E-state index contributed by atoms with van der Waals surface area (Å²) in [4.78, 5) is 24.0. The van der Waals surface area contributed by atoms with Crippen LogP contribution in [-0.2, 0) is 14.1 Å². The summed E-state index contributed by atoms with van der Waals surface area (Å²) in [5.74, 6) is 0.456. The van der Waals surface area contributed by atoms with Crippen LogP contribution < -0.4 is 21.9 Å². The lowest BCUT2D eigenvalue weighted by molar-refractivity contribution is 0.695. The van der Waals surface area contributed by atoms with Gasteiger partial charge in [0.1, 0.15) is 11.5 Å². The molecule has 0 spiro atoms. The Morgan fingerprint density at radius 2 is 1.63 bits per heavy atom. The highest BCUT2D eigenvalue weighted by Crippen LogP contribution is 2.19. The van der Waals surface area contributed by atoms with Gasteiger partial charge in [0.15, 0.2) is 0 Å². The summed E-state index contributed by atoms with van der Waals surface area (Å²) in [7, 11) is 4.74. The number of rotatable bonds is 3. The minimum absolute atomic E-state index is 0.346. The van der Waals surface area contributed by atoms with Gasteiger partial charge in [0.25, 0.3) is 5.56 Å². The lowest BCUT2D eigenvalue weighted by atomic mass is 10.3. The molecule has 1 heterocycles. The van der Waals surface area contributed by atoms with Crippen LogP contribution >= 0.6 is 0 Å². The van der Waals surface area contributed by atoms with E-state index in [1.807, 2.05) is 30.3 Å². The Hall–Kier alpha value is -2.50. The highest BCUT2D eigenvalue weighted by Gasteiger charge is 2.14. The Morgan fingerprint density at radius 3 is 2.21 bits per heavy atom. The smallest absolute Gasteiger partial charge is 0.332 e. The molecule has 0 saturated heterocycles. The Labute approximate surface area is 110 Å². The molecule has 6 nitrogen and oxygen atoms in total. The predicted molar refractivity (Wildman–Crippen MR) is 76.2 cm³/mol. The predicted octanol–water partition coefficient (Wildman–Crippen LogP) is 0.869. The minimum Gasteiger partial charge on any atom is -0.373 e. The third kappa shape index (κ3) is 2.24. The van der Waals surface area contributed by atoms with Crippen LogP contribution in [0.4, 0.5) is 17.2 Å². The fourth-order valence-corrected chi connectivity index (χ4v) is 1.92. The molecule has 100 valence electrons. The summed E-state index contributed by atoms with van der Waals surface area (Å²) in [5.41, 5.74) is 0.400. The zero-order chi connectivity index (χ0) is 14.0. The molecule has 0 unspecified atom stereocenters. The van der Waals surface area contributed by atoms with Crippen LogP contribution in [0.3, 0.4) is 0 Å². The normalized spacial score (nSPS) is 10.3. The van der Waals surface area contributed by atoms with Crippen LogP contribution in [0.25, 0.3) is 0 Å². The number of anilines is 3. The number of hydrogen-bond donors (Lipinski definition) is 2. The van der Waals surface area contributed by atoms with Gasteiger partial charge < -0.3 is 10.6 Å². The molecule has 6 heteroatoms. The van der Waals surface area contributed by atoms with E-state index in [1.165, 1.54) is 11.6 Å². The van der Waals surface area contributed by atoms with Crippen LogP contribution in [0.15, 0.2) is 39.9 Å². The highest BCUT2D eigenvalue weighted by molar-refractivity contribution is 5.70. The Bertz CT molecular complexity index is 701. The van der Waals surface area contributed by atoms with Crippen LogP contribution in [0.5, 0.6) is 0 Å². The second kappa shape index (κ2) is 5.01. The highest BCUT2D eigenvalue weighted by atomic mass is 16.2. The fourth-order valence-electron chi connectivity index (χ4n) is 1.92. The molecule has 0 radical (unpaired) electrons. The van der Waals surface area contributed by atoms with E-state index in [0.29, 0.717) is 11.5 Å². The third-order valence-electron chi connectivity index (χ3n) is 2.94. The molecule has 1 aromatic carbocycles. The summed E-state index contributed by atoms with van der Waals surface area (Å²) in [5, 5.41) is 5.93. The molecule has 0 fully saturated rings. The molecule has 0 aliphatic rings. The molecule has 0 atom stereocenters. The number of para-hydroxylation sites is 1. The standard InChI is InChI=1S/C13H16N4O2/c1-14-11-10(15-9-7-5-4-6-8-9)12(18)17(3)13(19)16(11)2/h4-8,14-15H,1-3H3. The van der Waals surface area contributed by atoms with Crippen molar-refractivity contribution in [2.45, 2.75) is 0 Å². The first-order valence-electron chi connectivity index (χ1n) is 5.86. The van der Waals surface area contributed by atoms with Crippen molar-refractivity contribution in [3.05, 3.63) is 51.2 Å². The Balaban J connectivity index is 2.63. The van der Waals surface area contributed by atoms with Crippen molar-refractivity contribution in [3.8, 4) is 0 Å². The van der Waals surface area contributed by atoms with Crippen LogP contribution in [-0.4, -0.2) is 16.2 Å². The lowest BCUT2D eigenvalue weighted by Gasteiger charge is -2.15. The first-order chi connectivity index (χ1) is 9.06. The second-order valence-corrected chi connectivity index (χ2v) is 4.17. The number of benzene rings is 1. The quantitative estimate of drug-likeness (QED) is 0.859. The van der Waals surface area contributed by atoms with E-state index in [1.54, 1.807) is 14.1 Å². The van der Waals surface area contributed by atoms with E-state index >= 15 is 0 Å². The van der Waals surface area contributed by atoms with Crippen LogP contribution in [0.2, 0.25) is 0 Å². The van der Waals surface area contributed by atoms with Crippen LogP contribution in [0, 0.1) is 0 Å². The SMILES string of the molecule is CNc1c(Nc2ccccc2)c(=O)n(C)c(=O)n1C. The molecular formula is C13H16N4O2. The van der Waals surface area contributed by atoms with Gasteiger partial charge in [-0.25, -0.2) is 4.79 Å². The van der Waals surface area contributed by atoms with E-state index in [4.69, 9.17) is 0 Å². The van der Waals surface area contributed by atoms with Gasteiger partial charge in [-0.1, -0.05) is 18.2 Å². The molecule has 1 aromatic heterocycles. The molecule has 19 heavy (non-hydrogen) atoms. The van der Waals surface area contributed by atoms with Crippen molar-refractivity contribution in [3.63, 3.8) is 0 Å². The molecule has 2 aromatic rings. The van der Waals surface area contributed by atoms with Crippen LogP contribution in [0.1, 0.15) is 0 Å². The van der Waals surface area contributed by atoms with Crippen molar-refractivity contribution in [1.82, 2.24) is 9.13 Å². The topological polar surface area (TPSA) is 68.1 Å². The number of nitrogens with zero attached hydrogens (tertiary/aromatic N) is 2. The first-order valence-corrected chi connectivity index (χ1v) is 5.86. The number of hydrogen-bond acceptors (Lipinski definition) is 4. The maximum atomic E-state index is 12.2. The Morgan fingerprint density at radius 1 is 1.00 bits per heavy atom. The van der Waals surface area contributed by atoms with Crippen molar-refractivity contribution in [1.29, 1.82) is 0 Å². The van der Waals surface area contributed by atoms with Crippen molar-refractivity contribution < 1.29 is 0 Å². The fraction of sp³-hybridized carbons (Fsp3) is 0.231. The second-order valence-electron chi connectivity index (χ2n) is 4.17. The van der Waals surface area contributed by atoms with E-state index in [-0.39, 0.29) is 11.2 Å². The van der Waals surface area contributed by atoms with Crippen molar-refractivity contribution in [2.75, 3.05) is 17.7 Å². The van der Waals surface area contributed by atoms with Gasteiger partial charge in [0, 0.05) is 26.8 Å². The average Bonchev–Trinajstić information content (AvgIpc) is 2.44. The molecule has 2 rings (SSSR count).